The number of rotatable bonds is 0. The minimum Gasteiger partial charge on any atom is -0.354 e. The van der Waals surface area contributed by atoms with Crippen LogP contribution >= 0.6 is 0 Å². The Kier molecular flexibility index (Phi) is 1.31. The van der Waals surface area contributed by atoms with Crippen LogP contribution < -0.4 is 0 Å². The first kappa shape index (κ1) is 7.17. The van der Waals surface area contributed by atoms with Gasteiger partial charge >= 0.3 is 0 Å². The van der Waals surface area contributed by atoms with Crippen molar-refractivity contribution in [2.24, 2.45) is 0 Å². The third-order valence-electron chi connectivity index (χ3n) is 2.68. The van der Waals surface area contributed by atoms with Crippen molar-refractivity contribution >= 4 is 0 Å². The maximum atomic E-state index is 5.64. The first-order valence-electron chi connectivity index (χ1n) is 4.22. The summed E-state index contributed by atoms with van der Waals surface area (Å²) in [6.45, 7) is 9.15. The first-order valence-corrected chi connectivity index (χ1v) is 4.22. The van der Waals surface area contributed by atoms with Crippen molar-refractivity contribution < 1.29 is 4.74 Å². The van der Waals surface area contributed by atoms with Crippen LogP contribution in [0.15, 0.2) is 12.3 Å². The van der Waals surface area contributed by atoms with Crippen molar-refractivity contribution in [2.45, 2.75) is 38.5 Å². The number of fused-ring (bicyclic) bond motifs is 1. The van der Waals surface area contributed by atoms with Crippen molar-refractivity contribution in [3.63, 3.8) is 0 Å². The fraction of sp³-hybridized carbons (Fsp3) is 0.778. The summed E-state index contributed by atoms with van der Waals surface area (Å²) in [5.74, 6) is 0. The van der Waals surface area contributed by atoms with Crippen molar-refractivity contribution in [3.8, 4) is 0 Å². The average Bonchev–Trinajstić information content (AvgIpc) is 2.38. The Labute approximate surface area is 67.8 Å². The molecule has 2 aliphatic heterocycles. The van der Waals surface area contributed by atoms with Gasteiger partial charge in [-0.25, -0.2) is 0 Å². The molecule has 2 heteroatoms. The minimum absolute atomic E-state index is 0.0990. The van der Waals surface area contributed by atoms with Gasteiger partial charge in [0.15, 0.2) is 0 Å². The smallest absolute Gasteiger partial charge is 0.135 e. The number of nitrogens with zero attached hydrogens (tertiary/aromatic N) is 1. The molecule has 0 aliphatic carbocycles. The van der Waals surface area contributed by atoms with E-state index in [1.165, 1.54) is 12.1 Å². The van der Waals surface area contributed by atoms with Gasteiger partial charge in [-0.2, -0.15) is 0 Å². The minimum atomic E-state index is -0.0990. The highest BCUT2D eigenvalue weighted by Gasteiger charge is 2.44. The molecular formula is C9H15NO. The van der Waals surface area contributed by atoms with Crippen LogP contribution in [0.2, 0.25) is 0 Å². The Morgan fingerprint density at radius 3 is 3.00 bits per heavy atom. The molecular weight excluding hydrogens is 138 g/mol. The zero-order valence-electron chi connectivity index (χ0n) is 7.26. The van der Waals surface area contributed by atoms with E-state index in [-0.39, 0.29) is 5.72 Å². The molecule has 1 unspecified atom stereocenters. The van der Waals surface area contributed by atoms with Crippen LogP contribution in [0.1, 0.15) is 26.7 Å². The van der Waals surface area contributed by atoms with E-state index in [1.807, 2.05) is 0 Å². The zero-order chi connectivity index (χ0) is 8.06. The molecule has 0 radical (unpaired) electrons. The molecule has 2 nitrogen and oxygen atoms in total. The van der Waals surface area contributed by atoms with Crippen molar-refractivity contribution in [2.75, 3.05) is 6.61 Å². The van der Waals surface area contributed by atoms with Crippen LogP contribution in [0.3, 0.4) is 0 Å². The van der Waals surface area contributed by atoms with Gasteiger partial charge in [-0.05, 0) is 26.7 Å². The highest BCUT2D eigenvalue weighted by Crippen LogP contribution is 2.39. The molecule has 2 aliphatic rings. The molecule has 0 aromatic heterocycles. The summed E-state index contributed by atoms with van der Waals surface area (Å²) in [4.78, 5) is 2.33. The first-order chi connectivity index (χ1) is 5.11. The van der Waals surface area contributed by atoms with E-state index in [0.717, 1.165) is 13.0 Å². The zero-order valence-corrected chi connectivity index (χ0v) is 7.26. The quantitative estimate of drug-likeness (QED) is 0.525. The number of allylic oxidation sites excluding steroid dienone is 1. The molecule has 0 amide bonds. The Morgan fingerprint density at radius 2 is 2.36 bits per heavy atom. The molecule has 0 aromatic rings. The second kappa shape index (κ2) is 2.01. The van der Waals surface area contributed by atoms with Gasteiger partial charge in [0.2, 0.25) is 0 Å². The van der Waals surface area contributed by atoms with Crippen molar-refractivity contribution in [1.82, 2.24) is 4.90 Å². The summed E-state index contributed by atoms with van der Waals surface area (Å²) < 4.78 is 5.64. The fourth-order valence-electron chi connectivity index (χ4n) is 2.19. The largest absolute Gasteiger partial charge is 0.354 e. The molecule has 2 saturated heterocycles. The monoisotopic (exact) mass is 153 g/mol. The van der Waals surface area contributed by atoms with Crippen LogP contribution in [0.4, 0.5) is 0 Å². The van der Waals surface area contributed by atoms with Crippen molar-refractivity contribution in [3.05, 3.63) is 12.3 Å². The van der Waals surface area contributed by atoms with Crippen LogP contribution in [-0.4, -0.2) is 23.3 Å². The maximum Gasteiger partial charge on any atom is 0.135 e. The molecule has 2 heterocycles. The van der Waals surface area contributed by atoms with E-state index in [1.54, 1.807) is 0 Å². The second-order valence-corrected chi connectivity index (χ2v) is 3.89. The molecule has 62 valence electrons. The van der Waals surface area contributed by atoms with Crippen LogP contribution in [0.5, 0.6) is 0 Å². The summed E-state index contributed by atoms with van der Waals surface area (Å²) >= 11 is 0. The van der Waals surface area contributed by atoms with E-state index in [9.17, 15) is 0 Å². The predicted molar refractivity (Wildman–Crippen MR) is 44.0 cm³/mol. The number of hydrogen-bond donors (Lipinski definition) is 0. The summed E-state index contributed by atoms with van der Waals surface area (Å²) in [6, 6.07) is 0.609. The number of hydrogen-bond acceptors (Lipinski definition) is 2. The maximum absolute atomic E-state index is 5.64. The van der Waals surface area contributed by atoms with Gasteiger partial charge < -0.3 is 9.64 Å². The molecule has 0 spiro atoms. The van der Waals surface area contributed by atoms with E-state index in [4.69, 9.17) is 4.74 Å². The lowest BCUT2D eigenvalue weighted by molar-refractivity contribution is -0.0348. The molecule has 0 saturated carbocycles. The molecule has 1 atom stereocenters. The van der Waals surface area contributed by atoms with Crippen LogP contribution in [-0.2, 0) is 4.74 Å². The third kappa shape index (κ3) is 0.890. The second-order valence-electron chi connectivity index (χ2n) is 3.89. The van der Waals surface area contributed by atoms with E-state index >= 15 is 0 Å². The van der Waals surface area contributed by atoms with Gasteiger partial charge in [-0.1, -0.05) is 6.58 Å². The SMILES string of the molecule is C=C1CCC2COC(C)(C)N12. The average molecular weight is 153 g/mol. The lowest BCUT2D eigenvalue weighted by Crippen LogP contribution is -2.38. The van der Waals surface area contributed by atoms with Gasteiger partial charge in [0.1, 0.15) is 5.72 Å². The van der Waals surface area contributed by atoms with Crippen molar-refractivity contribution in [1.29, 1.82) is 0 Å². The Bertz CT molecular complexity index is 198. The fourth-order valence-corrected chi connectivity index (χ4v) is 2.19. The topological polar surface area (TPSA) is 12.5 Å². The van der Waals surface area contributed by atoms with Crippen LogP contribution in [0, 0.1) is 0 Å². The molecule has 2 rings (SSSR count). The number of ether oxygens (including phenoxy) is 1. The lowest BCUT2D eigenvalue weighted by Gasteiger charge is -2.31. The molecule has 2 fully saturated rings. The molecule has 0 aromatic carbocycles. The van der Waals surface area contributed by atoms with Gasteiger partial charge in [-0.15, -0.1) is 0 Å². The lowest BCUT2D eigenvalue weighted by atomic mass is 10.2. The summed E-state index contributed by atoms with van der Waals surface area (Å²) in [6.07, 6.45) is 2.37. The normalized spacial score (nSPS) is 34.5. The molecule has 0 N–H and O–H groups in total. The van der Waals surface area contributed by atoms with E-state index in [0.29, 0.717) is 6.04 Å². The predicted octanol–water partition coefficient (Wildman–Crippen LogP) is 1.73. The summed E-state index contributed by atoms with van der Waals surface area (Å²) in [7, 11) is 0. The Morgan fingerprint density at radius 1 is 1.64 bits per heavy atom. The van der Waals surface area contributed by atoms with Gasteiger partial charge in [-0.3, -0.25) is 0 Å². The summed E-state index contributed by atoms with van der Waals surface area (Å²) in [5, 5.41) is 0. The molecule has 0 bridgehead atoms. The standard InChI is InChI=1S/C9H15NO/c1-7-4-5-8-6-11-9(2,3)10(7)8/h8H,1,4-6H2,2-3H3. The summed E-state index contributed by atoms with van der Waals surface area (Å²) in [5.41, 5.74) is 1.15. The van der Waals surface area contributed by atoms with Gasteiger partial charge in [0.25, 0.3) is 0 Å². The van der Waals surface area contributed by atoms with Crippen LogP contribution in [0.25, 0.3) is 0 Å². The highest BCUT2D eigenvalue weighted by atomic mass is 16.5. The van der Waals surface area contributed by atoms with E-state index in [2.05, 4.69) is 25.3 Å². The van der Waals surface area contributed by atoms with E-state index < -0.39 is 0 Å². The highest BCUT2D eigenvalue weighted by molar-refractivity contribution is 5.10. The van der Waals surface area contributed by atoms with Gasteiger partial charge in [0, 0.05) is 5.70 Å². The Balaban J connectivity index is 2.27. The van der Waals surface area contributed by atoms with Gasteiger partial charge in [0.05, 0.1) is 12.6 Å². The third-order valence-corrected chi connectivity index (χ3v) is 2.68. The Hall–Kier alpha value is -0.500. The molecule has 11 heavy (non-hydrogen) atoms.